The van der Waals surface area contributed by atoms with Gasteiger partial charge in [0.25, 0.3) is 0 Å². The Balaban J connectivity index is 1.68. The Morgan fingerprint density at radius 2 is 2.33 bits per heavy atom. The molecule has 1 aromatic heterocycles. The number of methoxy groups -OCH3 is 1. The van der Waals surface area contributed by atoms with Gasteiger partial charge in [-0.05, 0) is 31.4 Å². The van der Waals surface area contributed by atoms with Crippen molar-refractivity contribution >= 4 is 11.8 Å². The van der Waals surface area contributed by atoms with E-state index in [-0.39, 0.29) is 0 Å². The molecule has 1 aromatic carbocycles. The Morgan fingerprint density at radius 1 is 1.43 bits per heavy atom. The molecule has 0 bridgehead atoms. The third-order valence-corrected chi connectivity index (χ3v) is 4.53. The van der Waals surface area contributed by atoms with Gasteiger partial charge in [-0.1, -0.05) is 23.9 Å². The number of hydrogen-bond acceptors (Lipinski definition) is 5. The molecule has 2 aromatic rings. The monoisotopic (exact) mass is 305 g/mol. The maximum absolute atomic E-state index is 5.65. The minimum absolute atomic E-state index is 0.417. The van der Waals surface area contributed by atoms with Gasteiger partial charge in [-0.15, -0.1) is 10.2 Å². The second-order valence-corrected chi connectivity index (χ2v) is 5.99. The van der Waals surface area contributed by atoms with Crippen molar-refractivity contribution in [3.63, 3.8) is 0 Å². The summed E-state index contributed by atoms with van der Waals surface area (Å²) < 4.78 is 13.0. The molecular weight excluding hydrogens is 286 g/mol. The summed E-state index contributed by atoms with van der Waals surface area (Å²) in [6, 6.07) is 7.89. The second kappa shape index (κ2) is 6.95. The van der Waals surface area contributed by atoms with E-state index >= 15 is 0 Å². The summed E-state index contributed by atoms with van der Waals surface area (Å²) in [5.74, 6) is 1.80. The molecule has 2 heterocycles. The normalized spacial score (nSPS) is 18.0. The average Bonchev–Trinajstić information content (AvgIpc) is 3.19. The number of rotatable bonds is 6. The van der Waals surface area contributed by atoms with Crippen molar-refractivity contribution in [1.82, 2.24) is 14.8 Å². The predicted octanol–water partition coefficient (Wildman–Crippen LogP) is 2.94. The molecule has 1 atom stereocenters. The first-order valence-corrected chi connectivity index (χ1v) is 8.15. The van der Waals surface area contributed by atoms with Crippen LogP contribution in [0.2, 0.25) is 0 Å². The van der Waals surface area contributed by atoms with E-state index in [1.54, 1.807) is 25.2 Å². The van der Waals surface area contributed by atoms with Crippen LogP contribution in [0.4, 0.5) is 0 Å². The minimum atomic E-state index is 0.417. The van der Waals surface area contributed by atoms with Crippen LogP contribution in [0.5, 0.6) is 5.75 Å². The van der Waals surface area contributed by atoms with Crippen molar-refractivity contribution in [1.29, 1.82) is 0 Å². The van der Waals surface area contributed by atoms with Gasteiger partial charge in [-0.25, -0.2) is 0 Å². The molecule has 1 saturated heterocycles. The Kier molecular flexibility index (Phi) is 4.77. The quantitative estimate of drug-likeness (QED) is 0.768. The van der Waals surface area contributed by atoms with E-state index in [2.05, 4.69) is 10.2 Å². The molecule has 3 rings (SSSR count). The predicted molar refractivity (Wildman–Crippen MR) is 82.2 cm³/mol. The van der Waals surface area contributed by atoms with E-state index in [0.29, 0.717) is 6.10 Å². The number of thioether (sulfide) groups is 1. The van der Waals surface area contributed by atoms with Gasteiger partial charge >= 0.3 is 0 Å². The number of hydrogen-bond donors (Lipinski definition) is 0. The molecule has 6 heteroatoms. The zero-order valence-corrected chi connectivity index (χ0v) is 12.9. The van der Waals surface area contributed by atoms with E-state index in [1.165, 1.54) is 12.8 Å². The van der Waals surface area contributed by atoms with Crippen LogP contribution in [0.1, 0.15) is 19.3 Å². The van der Waals surface area contributed by atoms with Gasteiger partial charge in [0, 0.05) is 12.4 Å². The number of aromatic nitrogens is 3. The summed E-state index contributed by atoms with van der Waals surface area (Å²) in [5, 5.41) is 9.13. The lowest BCUT2D eigenvalue weighted by molar-refractivity contribution is 0.109. The first-order chi connectivity index (χ1) is 10.4. The van der Waals surface area contributed by atoms with Crippen LogP contribution in [0, 0.1) is 0 Å². The summed E-state index contributed by atoms with van der Waals surface area (Å²) in [6.45, 7) is 0.909. The second-order valence-electron chi connectivity index (χ2n) is 4.93. The molecular formula is C15H19N3O2S. The minimum Gasteiger partial charge on any atom is -0.495 e. The highest BCUT2D eigenvalue weighted by Gasteiger charge is 2.16. The maximum atomic E-state index is 5.65. The molecule has 0 N–H and O–H groups in total. The van der Waals surface area contributed by atoms with Crippen molar-refractivity contribution in [2.75, 3.05) is 19.5 Å². The Morgan fingerprint density at radius 3 is 3.14 bits per heavy atom. The number of benzene rings is 1. The lowest BCUT2D eigenvalue weighted by Crippen LogP contribution is -2.06. The largest absolute Gasteiger partial charge is 0.495 e. The standard InChI is InChI=1S/C15H19N3O2S/c1-19-14-7-3-2-6-13(14)18-11-16-17-15(18)21-10-8-12-5-4-9-20-12/h2-3,6-7,11-12H,4-5,8-10H2,1H3/t12-/m1/s1. The SMILES string of the molecule is COc1ccccc1-n1cnnc1SCC[C@H]1CCCO1. The van der Waals surface area contributed by atoms with E-state index in [1.807, 2.05) is 28.8 Å². The first kappa shape index (κ1) is 14.4. The molecule has 21 heavy (non-hydrogen) atoms. The van der Waals surface area contributed by atoms with Gasteiger partial charge < -0.3 is 9.47 Å². The zero-order valence-electron chi connectivity index (χ0n) is 12.1. The fourth-order valence-corrected chi connectivity index (χ4v) is 3.42. The van der Waals surface area contributed by atoms with Crippen molar-refractivity contribution < 1.29 is 9.47 Å². The molecule has 1 aliphatic heterocycles. The van der Waals surface area contributed by atoms with Gasteiger partial charge in [0.1, 0.15) is 12.1 Å². The number of nitrogens with zero attached hydrogens (tertiary/aromatic N) is 3. The Labute approximate surface area is 128 Å². The summed E-state index contributed by atoms with van der Waals surface area (Å²) in [6.07, 6.45) is 5.57. The van der Waals surface area contributed by atoms with Crippen LogP contribution >= 0.6 is 11.8 Å². The van der Waals surface area contributed by atoms with Crippen LogP contribution in [-0.2, 0) is 4.74 Å². The zero-order chi connectivity index (χ0) is 14.5. The maximum Gasteiger partial charge on any atom is 0.195 e. The van der Waals surface area contributed by atoms with Crippen LogP contribution in [-0.4, -0.2) is 40.3 Å². The number of ether oxygens (including phenoxy) is 2. The fourth-order valence-electron chi connectivity index (χ4n) is 2.47. The summed E-state index contributed by atoms with van der Waals surface area (Å²) >= 11 is 1.71. The summed E-state index contributed by atoms with van der Waals surface area (Å²) in [7, 11) is 1.67. The lowest BCUT2D eigenvalue weighted by Gasteiger charge is -2.11. The molecule has 0 radical (unpaired) electrons. The molecule has 0 amide bonds. The molecule has 0 spiro atoms. The first-order valence-electron chi connectivity index (χ1n) is 7.16. The highest BCUT2D eigenvalue weighted by atomic mass is 32.2. The van der Waals surface area contributed by atoms with Gasteiger partial charge in [0.05, 0.1) is 18.9 Å². The molecule has 0 unspecified atom stereocenters. The van der Waals surface area contributed by atoms with Gasteiger partial charge in [0.2, 0.25) is 0 Å². The Hall–Kier alpha value is -1.53. The van der Waals surface area contributed by atoms with E-state index in [4.69, 9.17) is 9.47 Å². The van der Waals surface area contributed by atoms with Gasteiger partial charge in [-0.2, -0.15) is 0 Å². The highest BCUT2D eigenvalue weighted by molar-refractivity contribution is 7.99. The molecule has 5 nitrogen and oxygen atoms in total. The molecule has 1 fully saturated rings. The van der Waals surface area contributed by atoms with Crippen LogP contribution in [0.15, 0.2) is 35.7 Å². The van der Waals surface area contributed by atoms with Crippen LogP contribution < -0.4 is 4.74 Å². The van der Waals surface area contributed by atoms with Crippen LogP contribution in [0.25, 0.3) is 5.69 Å². The van der Waals surface area contributed by atoms with Crippen molar-refractivity contribution in [2.45, 2.75) is 30.5 Å². The van der Waals surface area contributed by atoms with E-state index in [9.17, 15) is 0 Å². The van der Waals surface area contributed by atoms with Crippen LogP contribution in [0.3, 0.4) is 0 Å². The van der Waals surface area contributed by atoms with E-state index in [0.717, 1.165) is 35.4 Å². The molecule has 1 aliphatic rings. The third kappa shape index (κ3) is 3.39. The van der Waals surface area contributed by atoms with Crippen molar-refractivity contribution in [3.8, 4) is 11.4 Å². The summed E-state index contributed by atoms with van der Waals surface area (Å²) in [4.78, 5) is 0. The molecule has 0 aliphatic carbocycles. The van der Waals surface area contributed by atoms with E-state index < -0.39 is 0 Å². The summed E-state index contributed by atoms with van der Waals surface area (Å²) in [5.41, 5.74) is 0.963. The number of para-hydroxylation sites is 2. The Bertz CT molecular complexity index is 582. The lowest BCUT2D eigenvalue weighted by atomic mass is 10.2. The van der Waals surface area contributed by atoms with Gasteiger partial charge in [0.15, 0.2) is 5.16 Å². The third-order valence-electron chi connectivity index (χ3n) is 3.56. The van der Waals surface area contributed by atoms with Gasteiger partial charge in [-0.3, -0.25) is 4.57 Å². The van der Waals surface area contributed by atoms with Crippen molar-refractivity contribution in [3.05, 3.63) is 30.6 Å². The fraction of sp³-hybridized carbons (Fsp3) is 0.467. The molecule has 112 valence electrons. The topological polar surface area (TPSA) is 49.2 Å². The average molecular weight is 305 g/mol. The highest BCUT2D eigenvalue weighted by Crippen LogP contribution is 2.27. The van der Waals surface area contributed by atoms with Crippen molar-refractivity contribution in [2.24, 2.45) is 0 Å². The smallest absolute Gasteiger partial charge is 0.195 e. The molecule has 0 saturated carbocycles.